The highest BCUT2D eigenvalue weighted by atomic mass is 16.5. The van der Waals surface area contributed by atoms with E-state index in [1.807, 2.05) is 12.1 Å². The van der Waals surface area contributed by atoms with Crippen molar-refractivity contribution < 1.29 is 18.8 Å². The molecule has 1 N–H and O–H groups in total. The van der Waals surface area contributed by atoms with Crippen LogP contribution >= 0.6 is 0 Å². The molecule has 0 unspecified atom stereocenters. The van der Waals surface area contributed by atoms with Crippen molar-refractivity contribution >= 4 is 23.4 Å². The van der Waals surface area contributed by atoms with Crippen LogP contribution in [0.25, 0.3) is 11.4 Å². The maximum absolute atomic E-state index is 12.8. The number of hydrogen-bond donors (Lipinski definition) is 1. The molecule has 0 bridgehead atoms. The third-order valence-corrected chi connectivity index (χ3v) is 7.03. The highest BCUT2D eigenvalue weighted by Crippen LogP contribution is 2.33. The normalized spacial score (nSPS) is 16.6. The topological polar surface area (TPSA) is 101 Å². The number of carbonyl (C=O) groups is 2. The van der Waals surface area contributed by atoms with E-state index in [4.69, 9.17) is 9.26 Å². The summed E-state index contributed by atoms with van der Waals surface area (Å²) < 4.78 is 10.4. The van der Waals surface area contributed by atoms with E-state index in [1.54, 1.807) is 29.2 Å². The Morgan fingerprint density at radius 3 is 2.42 bits per heavy atom. The van der Waals surface area contributed by atoms with Gasteiger partial charge in [0, 0.05) is 43.3 Å². The Hall–Kier alpha value is -3.88. The second-order valence-electron chi connectivity index (χ2n) is 9.28. The fourth-order valence-electron chi connectivity index (χ4n) is 4.93. The van der Waals surface area contributed by atoms with Crippen LogP contribution < -0.4 is 10.2 Å². The van der Waals surface area contributed by atoms with E-state index in [0.717, 1.165) is 30.0 Å². The van der Waals surface area contributed by atoms with Crippen molar-refractivity contribution in [1.82, 2.24) is 15.0 Å². The van der Waals surface area contributed by atoms with Crippen molar-refractivity contribution in [3.8, 4) is 11.4 Å². The summed E-state index contributed by atoms with van der Waals surface area (Å²) in [6.07, 6.45) is 6.01. The van der Waals surface area contributed by atoms with Gasteiger partial charge >= 0.3 is 12.0 Å². The Bertz CT molecular complexity index is 1190. The summed E-state index contributed by atoms with van der Waals surface area (Å²) in [5, 5.41) is 7.06. The number of para-hydroxylation sites is 1. The third-order valence-electron chi connectivity index (χ3n) is 7.03. The molecule has 1 aliphatic carbocycles. The molecule has 0 radical (unpaired) electrons. The van der Waals surface area contributed by atoms with E-state index in [-0.39, 0.29) is 6.03 Å². The second kappa shape index (κ2) is 10.8. The number of carbonyl (C=O) groups excluding carboxylic acids is 2. The van der Waals surface area contributed by atoms with Crippen LogP contribution in [0, 0.1) is 0 Å². The van der Waals surface area contributed by atoms with E-state index in [2.05, 4.69) is 32.5 Å². The van der Waals surface area contributed by atoms with Gasteiger partial charge in [-0.1, -0.05) is 36.6 Å². The van der Waals surface area contributed by atoms with E-state index >= 15 is 0 Å². The summed E-state index contributed by atoms with van der Waals surface area (Å²) in [6.45, 7) is 2.56. The van der Waals surface area contributed by atoms with Gasteiger partial charge in [-0.3, -0.25) is 0 Å². The van der Waals surface area contributed by atoms with Gasteiger partial charge in [0.2, 0.25) is 11.7 Å². The molecule has 0 atom stereocenters. The molecule has 5 rings (SSSR count). The molecule has 3 aromatic rings. The predicted octanol–water partition coefficient (Wildman–Crippen LogP) is 4.93. The van der Waals surface area contributed by atoms with Gasteiger partial charge in [-0.2, -0.15) is 4.98 Å². The molecule has 36 heavy (non-hydrogen) atoms. The van der Waals surface area contributed by atoms with E-state index in [1.165, 1.54) is 26.4 Å². The SMILES string of the molecule is COC(=O)c1ccccc1NC(=O)N1CCN(c2ccc(-c3noc(C4CCCCC4)n3)cc2)CC1. The van der Waals surface area contributed by atoms with Crippen LogP contribution in [-0.2, 0) is 4.74 Å². The zero-order valence-corrected chi connectivity index (χ0v) is 20.5. The molecule has 2 fully saturated rings. The monoisotopic (exact) mass is 489 g/mol. The van der Waals surface area contributed by atoms with Crippen LogP contribution in [0.3, 0.4) is 0 Å². The van der Waals surface area contributed by atoms with Crippen LogP contribution in [0.1, 0.15) is 54.3 Å². The minimum atomic E-state index is -0.481. The molecule has 0 spiro atoms. The number of rotatable bonds is 5. The zero-order valence-electron chi connectivity index (χ0n) is 20.5. The van der Waals surface area contributed by atoms with Crippen molar-refractivity contribution in [1.29, 1.82) is 0 Å². The highest BCUT2D eigenvalue weighted by molar-refractivity contribution is 6.00. The third kappa shape index (κ3) is 5.19. The maximum Gasteiger partial charge on any atom is 0.339 e. The number of hydrogen-bond acceptors (Lipinski definition) is 7. The molecule has 188 valence electrons. The molecule has 2 aliphatic rings. The van der Waals surface area contributed by atoms with Crippen molar-refractivity contribution in [3.05, 3.63) is 60.0 Å². The summed E-state index contributed by atoms with van der Waals surface area (Å²) in [6, 6.07) is 14.8. The number of anilines is 2. The lowest BCUT2D eigenvalue weighted by molar-refractivity contribution is 0.0602. The summed E-state index contributed by atoms with van der Waals surface area (Å²) in [5.74, 6) is 1.31. The lowest BCUT2D eigenvalue weighted by Crippen LogP contribution is -2.50. The number of esters is 1. The van der Waals surface area contributed by atoms with E-state index in [0.29, 0.717) is 49.2 Å². The van der Waals surface area contributed by atoms with E-state index in [9.17, 15) is 9.59 Å². The van der Waals surface area contributed by atoms with Gasteiger partial charge in [0.05, 0.1) is 18.4 Å². The van der Waals surface area contributed by atoms with Gasteiger partial charge in [-0.05, 0) is 49.2 Å². The van der Waals surface area contributed by atoms with Gasteiger partial charge in [0.25, 0.3) is 0 Å². The largest absolute Gasteiger partial charge is 0.465 e. The first-order valence-electron chi connectivity index (χ1n) is 12.5. The summed E-state index contributed by atoms with van der Waals surface area (Å²) in [5.41, 5.74) is 2.80. The fourth-order valence-corrected chi connectivity index (χ4v) is 4.93. The molecular formula is C27H31N5O4. The van der Waals surface area contributed by atoms with Crippen molar-refractivity contribution in [3.63, 3.8) is 0 Å². The molecule has 1 aromatic heterocycles. The van der Waals surface area contributed by atoms with Crippen molar-refractivity contribution in [2.24, 2.45) is 0 Å². The van der Waals surface area contributed by atoms with Gasteiger partial charge < -0.3 is 24.4 Å². The predicted molar refractivity (Wildman–Crippen MR) is 136 cm³/mol. The second-order valence-corrected chi connectivity index (χ2v) is 9.28. The highest BCUT2D eigenvalue weighted by Gasteiger charge is 2.24. The minimum Gasteiger partial charge on any atom is -0.465 e. The number of aromatic nitrogens is 2. The molecule has 9 nitrogen and oxygen atoms in total. The standard InChI is InChI=1S/C27H31N5O4/c1-35-26(33)22-9-5-6-10-23(22)28-27(34)32-17-15-31(16-18-32)21-13-11-19(12-14-21)24-29-25(36-30-24)20-7-3-2-4-8-20/h5-6,9-14,20H,2-4,7-8,15-18H2,1H3,(H,28,34). The molecule has 2 aromatic carbocycles. The fraction of sp³-hybridized carbons (Fsp3) is 0.407. The number of amides is 2. The lowest BCUT2D eigenvalue weighted by atomic mass is 9.89. The first-order chi connectivity index (χ1) is 17.6. The van der Waals surface area contributed by atoms with Crippen molar-refractivity contribution in [2.75, 3.05) is 43.5 Å². The van der Waals surface area contributed by atoms with Crippen LogP contribution in [0.15, 0.2) is 53.1 Å². The Morgan fingerprint density at radius 2 is 1.69 bits per heavy atom. The molecular weight excluding hydrogens is 458 g/mol. The summed E-state index contributed by atoms with van der Waals surface area (Å²) in [4.78, 5) is 33.5. The molecule has 2 heterocycles. The quantitative estimate of drug-likeness (QED) is 0.508. The van der Waals surface area contributed by atoms with E-state index < -0.39 is 5.97 Å². The summed E-state index contributed by atoms with van der Waals surface area (Å²) in [7, 11) is 1.32. The number of piperazine rings is 1. The Labute approximate surface area is 210 Å². The van der Waals surface area contributed by atoms with Crippen LogP contribution in [0.2, 0.25) is 0 Å². The summed E-state index contributed by atoms with van der Waals surface area (Å²) >= 11 is 0. The first-order valence-corrected chi connectivity index (χ1v) is 12.5. The number of nitrogens with zero attached hydrogens (tertiary/aromatic N) is 4. The average molecular weight is 490 g/mol. The van der Waals surface area contributed by atoms with Gasteiger partial charge in [-0.15, -0.1) is 0 Å². The van der Waals surface area contributed by atoms with Gasteiger partial charge in [0.1, 0.15) is 0 Å². The molecule has 1 saturated carbocycles. The Kier molecular flexibility index (Phi) is 7.16. The van der Waals surface area contributed by atoms with Gasteiger partial charge in [-0.25, -0.2) is 9.59 Å². The van der Waals surface area contributed by atoms with Crippen molar-refractivity contribution in [2.45, 2.75) is 38.0 Å². The van der Waals surface area contributed by atoms with Crippen LogP contribution in [-0.4, -0.2) is 60.3 Å². The Balaban J connectivity index is 1.17. The molecule has 2 amide bonds. The van der Waals surface area contributed by atoms with Gasteiger partial charge in [0.15, 0.2) is 0 Å². The first kappa shape index (κ1) is 23.8. The molecule has 1 aliphatic heterocycles. The number of methoxy groups -OCH3 is 1. The maximum atomic E-state index is 12.8. The smallest absolute Gasteiger partial charge is 0.339 e. The molecule has 9 heteroatoms. The van der Waals surface area contributed by atoms with Crippen LogP contribution in [0.4, 0.5) is 16.2 Å². The number of nitrogens with one attached hydrogen (secondary N) is 1. The minimum absolute atomic E-state index is 0.229. The Morgan fingerprint density at radius 1 is 0.972 bits per heavy atom. The number of urea groups is 1. The lowest BCUT2D eigenvalue weighted by Gasteiger charge is -2.36. The average Bonchev–Trinajstić information content (AvgIpc) is 3.44. The number of benzene rings is 2. The molecule has 1 saturated heterocycles. The zero-order chi connectivity index (χ0) is 24.9. The van der Waals surface area contributed by atoms with Crippen LogP contribution in [0.5, 0.6) is 0 Å². The number of ether oxygens (including phenoxy) is 1.